The number of alkyl halides is 5. The van der Waals surface area contributed by atoms with E-state index in [2.05, 4.69) is 4.74 Å². The van der Waals surface area contributed by atoms with E-state index in [4.69, 9.17) is 0 Å². The molecular weight excluding hydrogens is 325 g/mol. The molecule has 1 atom stereocenters. The van der Waals surface area contributed by atoms with Crippen molar-refractivity contribution in [3.05, 3.63) is 0 Å². The summed E-state index contributed by atoms with van der Waals surface area (Å²) < 4.78 is 72.2. The molecule has 2 fully saturated rings. The van der Waals surface area contributed by atoms with E-state index >= 15 is 0 Å². The van der Waals surface area contributed by atoms with Crippen LogP contribution in [0.25, 0.3) is 0 Å². The topological polar surface area (TPSA) is 46.6 Å². The molecule has 23 heavy (non-hydrogen) atoms. The van der Waals surface area contributed by atoms with Gasteiger partial charge in [0, 0.05) is 6.42 Å². The van der Waals surface area contributed by atoms with E-state index in [1.807, 2.05) is 0 Å². The van der Waals surface area contributed by atoms with Gasteiger partial charge < -0.3 is 9.64 Å². The first-order chi connectivity index (χ1) is 10.5. The van der Waals surface area contributed by atoms with E-state index in [1.165, 1.54) is 0 Å². The highest BCUT2D eigenvalue weighted by atomic mass is 19.4. The minimum absolute atomic E-state index is 0.193. The number of amides is 1. The zero-order valence-corrected chi connectivity index (χ0v) is 12.6. The highest BCUT2D eigenvalue weighted by Crippen LogP contribution is 2.51. The van der Waals surface area contributed by atoms with Gasteiger partial charge >= 0.3 is 12.1 Å². The smallest absolute Gasteiger partial charge is 0.403 e. The van der Waals surface area contributed by atoms with Crippen LogP contribution in [0.1, 0.15) is 38.5 Å². The maximum Gasteiger partial charge on any atom is 0.403 e. The van der Waals surface area contributed by atoms with Gasteiger partial charge in [0.2, 0.25) is 5.91 Å². The third kappa shape index (κ3) is 3.14. The Kier molecular flexibility index (Phi) is 4.60. The first-order valence-electron chi connectivity index (χ1n) is 7.37. The second kappa shape index (κ2) is 5.90. The zero-order chi connectivity index (χ0) is 17.5. The van der Waals surface area contributed by atoms with E-state index in [0.717, 1.165) is 7.11 Å². The lowest BCUT2D eigenvalue weighted by Gasteiger charge is -2.40. The van der Waals surface area contributed by atoms with Crippen molar-refractivity contribution < 1.29 is 36.3 Å². The predicted molar refractivity (Wildman–Crippen MR) is 68.7 cm³/mol. The van der Waals surface area contributed by atoms with Gasteiger partial charge in [-0.15, -0.1) is 0 Å². The molecule has 132 valence electrons. The molecule has 2 rings (SSSR count). The van der Waals surface area contributed by atoms with Gasteiger partial charge in [-0.3, -0.25) is 4.79 Å². The SMILES string of the molecule is COC(=O)[C@@H]1CC(F)(F)CN1C(=O)C1(C(F)(F)F)CCCCC1. The summed E-state index contributed by atoms with van der Waals surface area (Å²) in [7, 11) is 0.946. The lowest BCUT2D eigenvalue weighted by Crippen LogP contribution is -2.56. The van der Waals surface area contributed by atoms with Gasteiger partial charge in [-0.1, -0.05) is 19.3 Å². The van der Waals surface area contributed by atoms with Gasteiger partial charge in [0.15, 0.2) is 0 Å². The van der Waals surface area contributed by atoms with E-state index in [9.17, 15) is 31.5 Å². The van der Waals surface area contributed by atoms with Crippen LogP contribution in [0.2, 0.25) is 0 Å². The largest absolute Gasteiger partial charge is 0.467 e. The van der Waals surface area contributed by atoms with Crippen molar-refractivity contribution in [3.63, 3.8) is 0 Å². The molecule has 0 aromatic carbocycles. The summed E-state index contributed by atoms with van der Waals surface area (Å²) in [6.45, 7) is -1.19. The standard InChI is InChI=1S/C14H18F5NO3/c1-23-10(21)9-7-13(15,16)8-20(9)11(22)12(14(17,18)19)5-3-2-4-6-12/h9H,2-8H2,1H3/t9-/m0/s1. The summed E-state index contributed by atoms with van der Waals surface area (Å²) in [5.41, 5.74) is -2.68. The highest BCUT2D eigenvalue weighted by Gasteiger charge is 2.64. The summed E-state index contributed by atoms with van der Waals surface area (Å²) in [5, 5.41) is 0. The lowest BCUT2D eigenvalue weighted by molar-refractivity contribution is -0.236. The van der Waals surface area contributed by atoms with Crippen molar-refractivity contribution in [1.82, 2.24) is 4.90 Å². The minimum Gasteiger partial charge on any atom is -0.467 e. The molecule has 0 aromatic heterocycles. The van der Waals surface area contributed by atoms with Crippen LogP contribution in [0.5, 0.6) is 0 Å². The molecule has 1 saturated carbocycles. The molecule has 4 nitrogen and oxygen atoms in total. The maximum absolute atomic E-state index is 13.6. The Morgan fingerprint density at radius 2 is 1.70 bits per heavy atom. The number of halogens is 5. The Morgan fingerprint density at radius 3 is 2.17 bits per heavy atom. The number of hydrogen-bond donors (Lipinski definition) is 0. The fourth-order valence-corrected chi connectivity index (χ4v) is 3.43. The van der Waals surface area contributed by atoms with Crippen LogP contribution < -0.4 is 0 Å². The normalized spacial score (nSPS) is 26.9. The second-order valence-corrected chi connectivity index (χ2v) is 6.17. The average molecular weight is 343 g/mol. The maximum atomic E-state index is 13.6. The Hall–Kier alpha value is -1.41. The van der Waals surface area contributed by atoms with E-state index in [0.29, 0.717) is 11.3 Å². The van der Waals surface area contributed by atoms with E-state index < -0.39 is 61.2 Å². The van der Waals surface area contributed by atoms with Crippen molar-refractivity contribution >= 4 is 11.9 Å². The number of methoxy groups -OCH3 is 1. The Morgan fingerprint density at radius 1 is 1.13 bits per heavy atom. The molecule has 0 N–H and O–H groups in total. The van der Waals surface area contributed by atoms with Crippen LogP contribution >= 0.6 is 0 Å². The summed E-state index contributed by atoms with van der Waals surface area (Å²) in [6, 6.07) is -1.68. The van der Waals surface area contributed by atoms with Crippen LogP contribution in [0.3, 0.4) is 0 Å². The Labute approximate surface area is 129 Å². The van der Waals surface area contributed by atoms with Gasteiger partial charge in [0.25, 0.3) is 5.92 Å². The number of esters is 1. The molecule has 1 saturated heterocycles. The molecule has 0 bridgehead atoms. The van der Waals surface area contributed by atoms with Gasteiger partial charge in [0.1, 0.15) is 11.5 Å². The summed E-state index contributed by atoms with van der Waals surface area (Å²) in [6.07, 6.45) is -5.79. The highest BCUT2D eigenvalue weighted by molar-refractivity contribution is 5.89. The van der Waals surface area contributed by atoms with E-state index in [-0.39, 0.29) is 12.8 Å². The lowest BCUT2D eigenvalue weighted by atomic mass is 9.72. The van der Waals surface area contributed by atoms with Crippen molar-refractivity contribution in [1.29, 1.82) is 0 Å². The monoisotopic (exact) mass is 343 g/mol. The van der Waals surface area contributed by atoms with E-state index in [1.54, 1.807) is 0 Å². The Balaban J connectivity index is 2.36. The van der Waals surface area contributed by atoms with Crippen molar-refractivity contribution in [2.45, 2.75) is 56.7 Å². The number of rotatable bonds is 2. The number of nitrogens with zero attached hydrogens (tertiary/aromatic N) is 1. The quantitative estimate of drug-likeness (QED) is 0.572. The molecule has 0 spiro atoms. The molecule has 9 heteroatoms. The number of ether oxygens (including phenoxy) is 1. The van der Waals surface area contributed by atoms with Gasteiger partial charge in [-0.2, -0.15) is 13.2 Å². The average Bonchev–Trinajstić information content (AvgIpc) is 2.81. The van der Waals surface area contributed by atoms with Gasteiger partial charge in [-0.05, 0) is 12.8 Å². The number of likely N-dealkylation sites (tertiary alicyclic amines) is 1. The second-order valence-electron chi connectivity index (χ2n) is 6.17. The first kappa shape index (κ1) is 17.9. The zero-order valence-electron chi connectivity index (χ0n) is 12.6. The summed E-state index contributed by atoms with van der Waals surface area (Å²) in [5.74, 6) is -5.96. The molecule has 0 aromatic rings. The third-order valence-corrected chi connectivity index (χ3v) is 4.66. The van der Waals surface area contributed by atoms with Crippen LogP contribution in [0.4, 0.5) is 22.0 Å². The van der Waals surface area contributed by atoms with Crippen molar-refractivity contribution in [3.8, 4) is 0 Å². The molecule has 1 amide bonds. The number of hydrogen-bond acceptors (Lipinski definition) is 3. The summed E-state index contributed by atoms with van der Waals surface area (Å²) >= 11 is 0. The first-order valence-corrected chi connectivity index (χ1v) is 7.37. The molecule has 0 unspecified atom stereocenters. The fraction of sp³-hybridized carbons (Fsp3) is 0.857. The van der Waals surface area contributed by atoms with Crippen LogP contribution in [-0.4, -0.2) is 48.6 Å². The molecule has 1 heterocycles. The van der Waals surface area contributed by atoms with Crippen LogP contribution in [-0.2, 0) is 14.3 Å². The van der Waals surface area contributed by atoms with Crippen molar-refractivity contribution in [2.75, 3.05) is 13.7 Å². The molecule has 1 aliphatic carbocycles. The summed E-state index contributed by atoms with van der Waals surface area (Å²) in [4.78, 5) is 24.5. The van der Waals surface area contributed by atoms with Crippen LogP contribution in [0, 0.1) is 5.41 Å². The third-order valence-electron chi connectivity index (χ3n) is 4.66. The van der Waals surface area contributed by atoms with Crippen molar-refractivity contribution in [2.24, 2.45) is 5.41 Å². The Bertz CT molecular complexity index is 485. The molecular formula is C14H18F5NO3. The van der Waals surface area contributed by atoms with Crippen LogP contribution in [0.15, 0.2) is 0 Å². The number of carbonyl (C=O) groups excluding carboxylic acids is 2. The number of carbonyl (C=O) groups is 2. The van der Waals surface area contributed by atoms with Gasteiger partial charge in [0.05, 0.1) is 13.7 Å². The minimum atomic E-state index is -4.84. The molecule has 1 aliphatic heterocycles. The predicted octanol–water partition coefficient (Wildman–Crippen LogP) is 2.91. The molecule has 0 radical (unpaired) electrons. The van der Waals surface area contributed by atoms with Gasteiger partial charge in [-0.25, -0.2) is 13.6 Å². The fourth-order valence-electron chi connectivity index (χ4n) is 3.43. The molecule has 2 aliphatic rings.